The lowest BCUT2D eigenvalue weighted by atomic mass is 10.1. The Morgan fingerprint density at radius 3 is 2.75 bits per heavy atom. The van der Waals surface area contributed by atoms with Crippen molar-refractivity contribution in [2.75, 3.05) is 13.2 Å². The smallest absolute Gasteiger partial charge is 0.431 e. The Hall–Kier alpha value is -0.770. The van der Waals surface area contributed by atoms with Crippen molar-refractivity contribution in [1.82, 2.24) is 0 Å². The summed E-state index contributed by atoms with van der Waals surface area (Å²) in [5.41, 5.74) is 0. The summed E-state index contributed by atoms with van der Waals surface area (Å²) in [5.74, 6) is 0.320. The molecule has 0 aromatic heterocycles. The lowest BCUT2D eigenvalue weighted by molar-refractivity contribution is -0.0583. The molecule has 0 aromatic carbocycles. The molecule has 16 heavy (non-hydrogen) atoms. The van der Waals surface area contributed by atoms with Gasteiger partial charge in [-0.05, 0) is 25.2 Å². The van der Waals surface area contributed by atoms with E-state index in [-0.39, 0.29) is 12.2 Å². The van der Waals surface area contributed by atoms with Crippen LogP contribution in [0.3, 0.4) is 0 Å². The first-order chi connectivity index (χ1) is 7.63. The number of carbonyl (C=O) groups excluding carboxylic acids is 1. The van der Waals surface area contributed by atoms with E-state index in [4.69, 9.17) is 14.2 Å². The van der Waals surface area contributed by atoms with Gasteiger partial charge in [-0.25, -0.2) is 4.79 Å². The van der Waals surface area contributed by atoms with Crippen molar-refractivity contribution in [1.29, 1.82) is 0 Å². The molecule has 0 N–H and O–H groups in total. The maximum absolute atomic E-state index is 11.5. The average molecular weight is 230 g/mol. The Bertz CT molecular complexity index is 209. The van der Waals surface area contributed by atoms with Crippen LogP contribution in [0, 0.1) is 5.92 Å². The minimum absolute atomic E-state index is 0.0583. The van der Waals surface area contributed by atoms with Crippen molar-refractivity contribution in [3.8, 4) is 0 Å². The molecule has 1 heterocycles. The highest BCUT2D eigenvalue weighted by molar-refractivity contribution is 5.60. The van der Waals surface area contributed by atoms with Crippen LogP contribution in [0.2, 0.25) is 0 Å². The van der Waals surface area contributed by atoms with Gasteiger partial charge in [0.25, 0.3) is 0 Å². The van der Waals surface area contributed by atoms with Gasteiger partial charge in [-0.3, -0.25) is 0 Å². The van der Waals surface area contributed by atoms with Gasteiger partial charge in [0.1, 0.15) is 12.2 Å². The molecule has 2 atom stereocenters. The molecule has 1 fully saturated rings. The third-order valence-corrected chi connectivity index (χ3v) is 2.77. The number of ether oxygens (including phenoxy) is 3. The monoisotopic (exact) mass is 230 g/mol. The van der Waals surface area contributed by atoms with Crippen molar-refractivity contribution < 1.29 is 19.0 Å². The molecule has 1 aliphatic heterocycles. The summed E-state index contributed by atoms with van der Waals surface area (Å²) >= 11 is 0. The molecule has 0 aromatic rings. The van der Waals surface area contributed by atoms with E-state index in [0.29, 0.717) is 12.5 Å². The van der Waals surface area contributed by atoms with Gasteiger partial charge in [0.2, 0.25) is 0 Å². The molecule has 0 bridgehead atoms. The zero-order valence-corrected chi connectivity index (χ0v) is 10.4. The van der Waals surface area contributed by atoms with Gasteiger partial charge in [0.15, 0.2) is 0 Å². The Morgan fingerprint density at radius 1 is 1.50 bits per heavy atom. The number of hydrogen-bond donors (Lipinski definition) is 0. The van der Waals surface area contributed by atoms with Crippen LogP contribution in [-0.2, 0) is 14.2 Å². The first-order valence-corrected chi connectivity index (χ1v) is 6.08. The zero-order valence-electron chi connectivity index (χ0n) is 10.4. The Labute approximate surface area is 97.2 Å². The normalized spacial score (nSPS) is 22.9. The van der Waals surface area contributed by atoms with Crippen LogP contribution in [0.1, 0.15) is 40.0 Å². The Kier molecular flexibility index (Phi) is 5.60. The largest absolute Gasteiger partial charge is 0.508 e. The summed E-state index contributed by atoms with van der Waals surface area (Å²) in [5, 5.41) is 0. The second kappa shape index (κ2) is 6.74. The molecule has 4 nitrogen and oxygen atoms in total. The minimum Gasteiger partial charge on any atom is -0.431 e. The van der Waals surface area contributed by atoms with Crippen molar-refractivity contribution in [3.05, 3.63) is 0 Å². The van der Waals surface area contributed by atoms with Crippen LogP contribution in [0.5, 0.6) is 0 Å². The average Bonchev–Trinajstić information content (AvgIpc) is 2.27. The molecule has 94 valence electrons. The number of rotatable bonds is 4. The van der Waals surface area contributed by atoms with Crippen molar-refractivity contribution in [2.45, 2.75) is 52.2 Å². The molecular formula is C12H22O4. The first-order valence-electron chi connectivity index (χ1n) is 6.08. The van der Waals surface area contributed by atoms with Crippen LogP contribution in [-0.4, -0.2) is 31.6 Å². The second-order valence-corrected chi connectivity index (χ2v) is 4.52. The SMILES string of the molecule is CCC(OC(=O)OC1CCCOC1)C(C)C. The molecule has 1 aliphatic rings. The molecule has 0 saturated carbocycles. The maximum atomic E-state index is 11.5. The Balaban J connectivity index is 2.28. The Morgan fingerprint density at radius 2 is 2.25 bits per heavy atom. The van der Waals surface area contributed by atoms with E-state index < -0.39 is 6.16 Å². The van der Waals surface area contributed by atoms with E-state index in [2.05, 4.69) is 0 Å². The van der Waals surface area contributed by atoms with E-state index in [1.165, 1.54) is 0 Å². The summed E-state index contributed by atoms with van der Waals surface area (Å²) in [6.07, 6.45) is 1.87. The van der Waals surface area contributed by atoms with Crippen molar-refractivity contribution in [3.63, 3.8) is 0 Å². The number of hydrogen-bond acceptors (Lipinski definition) is 4. The van der Waals surface area contributed by atoms with E-state index in [1.807, 2.05) is 20.8 Å². The molecular weight excluding hydrogens is 208 g/mol. The minimum atomic E-state index is -0.559. The summed E-state index contributed by atoms with van der Waals surface area (Å²) in [6, 6.07) is 0. The highest BCUT2D eigenvalue weighted by Crippen LogP contribution is 2.14. The lowest BCUT2D eigenvalue weighted by Crippen LogP contribution is -2.31. The van der Waals surface area contributed by atoms with Gasteiger partial charge in [0, 0.05) is 6.61 Å². The van der Waals surface area contributed by atoms with E-state index in [0.717, 1.165) is 25.9 Å². The zero-order chi connectivity index (χ0) is 12.0. The lowest BCUT2D eigenvalue weighted by Gasteiger charge is -2.24. The highest BCUT2D eigenvalue weighted by Gasteiger charge is 2.22. The van der Waals surface area contributed by atoms with Crippen LogP contribution >= 0.6 is 0 Å². The van der Waals surface area contributed by atoms with E-state index in [1.54, 1.807) is 0 Å². The topological polar surface area (TPSA) is 44.8 Å². The highest BCUT2D eigenvalue weighted by atomic mass is 16.7. The fourth-order valence-corrected chi connectivity index (χ4v) is 1.78. The predicted molar refractivity (Wildman–Crippen MR) is 60.3 cm³/mol. The molecule has 0 amide bonds. The molecule has 1 rings (SSSR count). The molecule has 0 radical (unpaired) electrons. The summed E-state index contributed by atoms with van der Waals surface area (Å²) in [6.45, 7) is 7.32. The quantitative estimate of drug-likeness (QED) is 0.697. The van der Waals surface area contributed by atoms with E-state index >= 15 is 0 Å². The maximum Gasteiger partial charge on any atom is 0.508 e. The second-order valence-electron chi connectivity index (χ2n) is 4.52. The third kappa shape index (κ3) is 4.39. The number of carbonyl (C=O) groups is 1. The molecule has 0 aliphatic carbocycles. The summed E-state index contributed by atoms with van der Waals surface area (Å²) < 4.78 is 15.7. The van der Waals surface area contributed by atoms with E-state index in [9.17, 15) is 4.79 Å². The van der Waals surface area contributed by atoms with Crippen LogP contribution < -0.4 is 0 Å². The van der Waals surface area contributed by atoms with Crippen LogP contribution in [0.15, 0.2) is 0 Å². The van der Waals surface area contributed by atoms with Gasteiger partial charge in [-0.2, -0.15) is 0 Å². The first kappa shape index (κ1) is 13.3. The fraction of sp³-hybridized carbons (Fsp3) is 0.917. The van der Waals surface area contributed by atoms with Crippen LogP contribution in [0.25, 0.3) is 0 Å². The van der Waals surface area contributed by atoms with Crippen molar-refractivity contribution >= 4 is 6.16 Å². The standard InChI is InChI=1S/C12H22O4/c1-4-11(9(2)3)16-12(13)15-10-6-5-7-14-8-10/h9-11H,4-8H2,1-3H3. The molecule has 2 unspecified atom stereocenters. The van der Waals surface area contributed by atoms with Gasteiger partial charge in [-0.1, -0.05) is 20.8 Å². The van der Waals surface area contributed by atoms with Gasteiger partial charge in [0.05, 0.1) is 6.61 Å². The predicted octanol–water partition coefficient (Wildman–Crippen LogP) is 2.75. The van der Waals surface area contributed by atoms with Gasteiger partial charge >= 0.3 is 6.16 Å². The van der Waals surface area contributed by atoms with Gasteiger partial charge in [-0.15, -0.1) is 0 Å². The molecule has 0 spiro atoms. The van der Waals surface area contributed by atoms with Crippen molar-refractivity contribution in [2.24, 2.45) is 5.92 Å². The summed E-state index contributed by atoms with van der Waals surface area (Å²) in [4.78, 5) is 11.5. The fourth-order valence-electron chi connectivity index (χ4n) is 1.78. The van der Waals surface area contributed by atoms with Crippen LogP contribution in [0.4, 0.5) is 4.79 Å². The molecule has 1 saturated heterocycles. The van der Waals surface area contributed by atoms with Gasteiger partial charge < -0.3 is 14.2 Å². The summed E-state index contributed by atoms with van der Waals surface area (Å²) in [7, 11) is 0. The third-order valence-electron chi connectivity index (χ3n) is 2.77. The molecule has 4 heteroatoms.